The standard InChI is InChI=1S/C12H14F2N2O4/c13-10(14)7-16(5-6-17)12(20)15-9-3-1-8(2-4-9)11(18)19/h1-4,10,17H,5-7H2,(H,15,20)(H,18,19). The number of halogens is 2. The van der Waals surface area contributed by atoms with Crippen LogP contribution in [0, 0.1) is 0 Å². The molecule has 0 unspecified atom stereocenters. The van der Waals surface area contributed by atoms with Gasteiger partial charge in [-0.2, -0.15) is 0 Å². The first-order valence-electron chi connectivity index (χ1n) is 5.72. The molecule has 0 bridgehead atoms. The highest BCUT2D eigenvalue weighted by Gasteiger charge is 2.17. The Bertz CT molecular complexity index is 465. The van der Waals surface area contributed by atoms with Crippen molar-refractivity contribution in [3.63, 3.8) is 0 Å². The lowest BCUT2D eigenvalue weighted by molar-refractivity contribution is 0.0697. The van der Waals surface area contributed by atoms with Crippen LogP contribution in [0.15, 0.2) is 24.3 Å². The molecule has 1 rings (SSSR count). The topological polar surface area (TPSA) is 89.9 Å². The minimum Gasteiger partial charge on any atom is -0.478 e. The number of aliphatic hydroxyl groups excluding tert-OH is 1. The van der Waals surface area contributed by atoms with Crippen molar-refractivity contribution in [2.45, 2.75) is 6.43 Å². The largest absolute Gasteiger partial charge is 0.478 e. The third kappa shape index (κ3) is 4.81. The molecule has 2 amide bonds. The molecule has 20 heavy (non-hydrogen) atoms. The minimum atomic E-state index is -2.71. The molecule has 1 aromatic rings. The molecular weight excluding hydrogens is 274 g/mol. The van der Waals surface area contributed by atoms with Gasteiger partial charge in [0.2, 0.25) is 0 Å². The number of nitrogens with one attached hydrogen (secondary N) is 1. The molecule has 0 aromatic heterocycles. The number of alkyl halides is 2. The highest BCUT2D eigenvalue weighted by molar-refractivity contribution is 5.91. The van der Waals surface area contributed by atoms with E-state index in [1.807, 2.05) is 0 Å². The lowest BCUT2D eigenvalue weighted by Gasteiger charge is -2.21. The van der Waals surface area contributed by atoms with E-state index in [1.54, 1.807) is 0 Å². The van der Waals surface area contributed by atoms with Crippen molar-refractivity contribution in [1.82, 2.24) is 4.90 Å². The first-order valence-corrected chi connectivity index (χ1v) is 5.72. The number of aliphatic hydroxyl groups is 1. The van der Waals surface area contributed by atoms with Crippen molar-refractivity contribution in [2.24, 2.45) is 0 Å². The fourth-order valence-corrected chi connectivity index (χ4v) is 1.46. The number of carbonyl (C=O) groups excluding carboxylic acids is 1. The number of benzene rings is 1. The summed E-state index contributed by atoms with van der Waals surface area (Å²) in [5, 5.41) is 19.8. The van der Waals surface area contributed by atoms with Gasteiger partial charge in [-0.05, 0) is 24.3 Å². The number of amides is 2. The van der Waals surface area contributed by atoms with Gasteiger partial charge in [0.15, 0.2) is 0 Å². The van der Waals surface area contributed by atoms with E-state index in [1.165, 1.54) is 24.3 Å². The monoisotopic (exact) mass is 288 g/mol. The third-order valence-electron chi connectivity index (χ3n) is 2.40. The summed E-state index contributed by atoms with van der Waals surface area (Å²) >= 11 is 0. The van der Waals surface area contributed by atoms with Gasteiger partial charge < -0.3 is 20.4 Å². The fourth-order valence-electron chi connectivity index (χ4n) is 1.46. The number of hydrogen-bond donors (Lipinski definition) is 3. The molecule has 0 fully saturated rings. The van der Waals surface area contributed by atoms with Crippen molar-refractivity contribution >= 4 is 17.7 Å². The van der Waals surface area contributed by atoms with E-state index in [0.717, 1.165) is 4.90 Å². The van der Waals surface area contributed by atoms with Crippen molar-refractivity contribution in [3.05, 3.63) is 29.8 Å². The molecule has 8 heteroatoms. The lowest BCUT2D eigenvalue weighted by atomic mass is 10.2. The molecule has 110 valence electrons. The number of hydrogen-bond acceptors (Lipinski definition) is 3. The molecule has 0 radical (unpaired) electrons. The van der Waals surface area contributed by atoms with E-state index in [0.29, 0.717) is 0 Å². The average Bonchev–Trinajstić information content (AvgIpc) is 2.38. The predicted octanol–water partition coefficient (Wildman–Crippen LogP) is 1.48. The molecule has 0 aliphatic carbocycles. The minimum absolute atomic E-state index is 0.0443. The summed E-state index contributed by atoms with van der Waals surface area (Å²) in [5.74, 6) is -1.11. The Kier molecular flexibility index (Phi) is 5.85. The number of rotatable bonds is 6. The third-order valence-corrected chi connectivity index (χ3v) is 2.40. The molecule has 0 atom stereocenters. The summed E-state index contributed by atoms with van der Waals surface area (Å²) in [5.41, 5.74) is 0.319. The van der Waals surface area contributed by atoms with Gasteiger partial charge in [-0.3, -0.25) is 0 Å². The maximum atomic E-state index is 12.3. The molecule has 0 spiro atoms. The van der Waals surface area contributed by atoms with Crippen LogP contribution in [0.4, 0.5) is 19.3 Å². The van der Waals surface area contributed by atoms with Gasteiger partial charge in [0, 0.05) is 12.2 Å². The number of aromatic carboxylic acids is 1. The van der Waals surface area contributed by atoms with Crippen LogP contribution in [0.2, 0.25) is 0 Å². The van der Waals surface area contributed by atoms with E-state index in [-0.39, 0.29) is 17.8 Å². The average molecular weight is 288 g/mol. The van der Waals surface area contributed by atoms with Gasteiger partial charge in [-0.1, -0.05) is 0 Å². The van der Waals surface area contributed by atoms with Gasteiger partial charge >= 0.3 is 12.0 Å². The second kappa shape index (κ2) is 7.39. The molecule has 0 saturated carbocycles. The van der Waals surface area contributed by atoms with E-state index in [9.17, 15) is 18.4 Å². The van der Waals surface area contributed by atoms with Crippen LogP contribution in [0.1, 0.15) is 10.4 Å². The number of carboxylic acid groups (broad SMARTS) is 1. The highest BCUT2D eigenvalue weighted by atomic mass is 19.3. The Morgan fingerprint density at radius 3 is 2.30 bits per heavy atom. The smallest absolute Gasteiger partial charge is 0.335 e. The van der Waals surface area contributed by atoms with Gasteiger partial charge in [-0.25, -0.2) is 18.4 Å². The van der Waals surface area contributed by atoms with Gasteiger partial charge in [-0.15, -0.1) is 0 Å². The number of nitrogens with zero attached hydrogens (tertiary/aromatic N) is 1. The Hall–Kier alpha value is -2.22. The zero-order chi connectivity index (χ0) is 15.1. The van der Waals surface area contributed by atoms with Crippen LogP contribution < -0.4 is 5.32 Å². The summed E-state index contributed by atoms with van der Waals surface area (Å²) in [4.78, 5) is 23.1. The molecule has 3 N–H and O–H groups in total. The Labute approximate surface area is 113 Å². The van der Waals surface area contributed by atoms with Crippen LogP contribution >= 0.6 is 0 Å². The van der Waals surface area contributed by atoms with Crippen molar-refractivity contribution in [2.75, 3.05) is 25.0 Å². The van der Waals surface area contributed by atoms with Crippen molar-refractivity contribution in [3.8, 4) is 0 Å². The molecule has 6 nitrogen and oxygen atoms in total. The number of carbonyl (C=O) groups is 2. The Morgan fingerprint density at radius 2 is 1.85 bits per heavy atom. The zero-order valence-corrected chi connectivity index (χ0v) is 10.4. The summed E-state index contributed by atoms with van der Waals surface area (Å²) < 4.78 is 24.6. The van der Waals surface area contributed by atoms with Crippen LogP contribution in [0.25, 0.3) is 0 Å². The first-order chi connectivity index (χ1) is 9.43. The number of carboxylic acids is 1. The summed E-state index contributed by atoms with van der Waals surface area (Å²) in [6.45, 7) is -1.44. The summed E-state index contributed by atoms with van der Waals surface area (Å²) in [7, 11) is 0. The molecule has 0 aliphatic rings. The quantitative estimate of drug-likeness (QED) is 0.739. The molecular formula is C12H14F2N2O4. The Morgan fingerprint density at radius 1 is 1.25 bits per heavy atom. The molecule has 0 saturated heterocycles. The van der Waals surface area contributed by atoms with E-state index >= 15 is 0 Å². The lowest BCUT2D eigenvalue weighted by Crippen LogP contribution is -2.40. The predicted molar refractivity (Wildman–Crippen MR) is 67.1 cm³/mol. The number of anilines is 1. The van der Waals surface area contributed by atoms with Gasteiger partial charge in [0.05, 0.1) is 18.7 Å². The van der Waals surface area contributed by atoms with Gasteiger partial charge in [0.1, 0.15) is 0 Å². The fraction of sp³-hybridized carbons (Fsp3) is 0.333. The van der Waals surface area contributed by atoms with E-state index in [4.69, 9.17) is 10.2 Å². The summed E-state index contributed by atoms with van der Waals surface area (Å²) in [6, 6.07) is 4.47. The normalized spacial score (nSPS) is 10.4. The SMILES string of the molecule is O=C(O)c1ccc(NC(=O)N(CCO)CC(F)F)cc1. The Balaban J connectivity index is 2.69. The van der Waals surface area contributed by atoms with E-state index < -0.39 is 31.6 Å². The van der Waals surface area contributed by atoms with Crippen LogP contribution in [-0.4, -0.2) is 53.2 Å². The number of urea groups is 1. The maximum absolute atomic E-state index is 12.3. The summed E-state index contributed by atoms with van der Waals surface area (Å²) in [6.07, 6.45) is -2.71. The van der Waals surface area contributed by atoms with E-state index in [2.05, 4.69) is 5.32 Å². The van der Waals surface area contributed by atoms with Crippen molar-refractivity contribution < 1.29 is 28.6 Å². The zero-order valence-electron chi connectivity index (χ0n) is 10.4. The molecule has 0 aliphatic heterocycles. The van der Waals surface area contributed by atoms with Crippen LogP contribution in [-0.2, 0) is 0 Å². The van der Waals surface area contributed by atoms with Crippen LogP contribution in [0.5, 0.6) is 0 Å². The molecule has 1 aromatic carbocycles. The highest BCUT2D eigenvalue weighted by Crippen LogP contribution is 2.11. The molecule has 0 heterocycles. The van der Waals surface area contributed by atoms with Crippen molar-refractivity contribution in [1.29, 1.82) is 0 Å². The first kappa shape index (κ1) is 15.8. The maximum Gasteiger partial charge on any atom is 0.335 e. The second-order valence-corrected chi connectivity index (χ2v) is 3.87. The second-order valence-electron chi connectivity index (χ2n) is 3.87. The van der Waals surface area contributed by atoms with Gasteiger partial charge in [0.25, 0.3) is 6.43 Å². The van der Waals surface area contributed by atoms with Crippen LogP contribution in [0.3, 0.4) is 0 Å².